The van der Waals surface area contributed by atoms with Crippen molar-refractivity contribution in [3.05, 3.63) is 50.0 Å². The van der Waals surface area contributed by atoms with Crippen LogP contribution in [0.1, 0.15) is 16.1 Å². The van der Waals surface area contributed by atoms with E-state index < -0.39 is 0 Å². The van der Waals surface area contributed by atoms with Crippen LogP contribution in [-0.4, -0.2) is 28.9 Å². The third kappa shape index (κ3) is 3.77. The third-order valence-corrected chi connectivity index (χ3v) is 4.16. The minimum Gasteiger partial charge on any atom is -0.383 e. The number of nitrogens with zero attached hydrogens (tertiary/aromatic N) is 3. The van der Waals surface area contributed by atoms with E-state index in [9.17, 15) is 10.1 Å². The second-order valence-electron chi connectivity index (χ2n) is 4.89. The molecule has 2 rings (SSSR count). The molecule has 0 spiro atoms. The van der Waals surface area contributed by atoms with Gasteiger partial charge in [0.15, 0.2) is 0 Å². The molecule has 0 atom stereocenters. The Balaban J connectivity index is 2.10. The van der Waals surface area contributed by atoms with Gasteiger partial charge in [0.2, 0.25) is 0 Å². The maximum atomic E-state index is 11.1. The molecule has 0 bridgehead atoms. The van der Waals surface area contributed by atoms with Crippen LogP contribution >= 0.6 is 11.3 Å². The number of nitro groups is 1. The van der Waals surface area contributed by atoms with Crippen molar-refractivity contribution in [2.75, 3.05) is 19.4 Å². The second kappa shape index (κ2) is 6.64. The van der Waals surface area contributed by atoms with Crippen molar-refractivity contribution in [2.45, 2.75) is 20.0 Å². The molecule has 1 heterocycles. The van der Waals surface area contributed by atoms with Gasteiger partial charge in [0.25, 0.3) is 5.69 Å². The van der Waals surface area contributed by atoms with Crippen LogP contribution in [0.3, 0.4) is 0 Å². The normalized spacial score (nSPS) is 10.9. The average molecular weight is 306 g/mol. The van der Waals surface area contributed by atoms with E-state index in [-0.39, 0.29) is 10.6 Å². The largest absolute Gasteiger partial charge is 0.383 e. The second-order valence-corrected chi connectivity index (χ2v) is 5.83. The number of thiazole rings is 1. The lowest BCUT2D eigenvalue weighted by Crippen LogP contribution is -2.17. The van der Waals surface area contributed by atoms with Gasteiger partial charge in [-0.3, -0.25) is 15.0 Å². The molecule has 0 unspecified atom stereocenters. The van der Waals surface area contributed by atoms with Gasteiger partial charge in [-0.25, -0.2) is 4.98 Å². The van der Waals surface area contributed by atoms with E-state index in [1.807, 2.05) is 25.5 Å². The van der Waals surface area contributed by atoms with Crippen molar-refractivity contribution in [1.29, 1.82) is 0 Å². The van der Waals surface area contributed by atoms with Crippen molar-refractivity contribution >= 4 is 22.7 Å². The van der Waals surface area contributed by atoms with E-state index in [2.05, 4.69) is 15.2 Å². The zero-order valence-electron chi connectivity index (χ0n) is 12.3. The highest BCUT2D eigenvalue weighted by Gasteiger charge is 2.14. The lowest BCUT2D eigenvalue weighted by Gasteiger charge is -2.16. The van der Waals surface area contributed by atoms with Crippen LogP contribution in [0.15, 0.2) is 23.7 Å². The molecule has 6 nitrogen and oxygen atoms in total. The van der Waals surface area contributed by atoms with Gasteiger partial charge in [0, 0.05) is 31.1 Å². The summed E-state index contributed by atoms with van der Waals surface area (Å²) in [5, 5.41) is 13.9. The van der Waals surface area contributed by atoms with E-state index in [0.717, 1.165) is 17.8 Å². The molecular weight excluding hydrogens is 288 g/mol. The molecule has 1 N–H and O–H groups in total. The number of nitrogens with one attached hydrogen (secondary N) is 1. The van der Waals surface area contributed by atoms with Crippen LogP contribution < -0.4 is 5.32 Å². The number of hydrogen-bond acceptors (Lipinski definition) is 6. The summed E-state index contributed by atoms with van der Waals surface area (Å²) < 4.78 is 0. The Bertz CT molecular complexity index is 642. The molecular formula is C14H18N4O2S. The molecule has 2 aromatic rings. The summed E-state index contributed by atoms with van der Waals surface area (Å²) in [4.78, 5) is 18.3. The summed E-state index contributed by atoms with van der Waals surface area (Å²) in [6, 6.07) is 5.29. The molecule has 0 fully saturated rings. The summed E-state index contributed by atoms with van der Waals surface area (Å²) >= 11 is 1.63. The fourth-order valence-corrected chi connectivity index (χ4v) is 2.98. The lowest BCUT2D eigenvalue weighted by atomic mass is 10.1. The Kier molecular flexibility index (Phi) is 4.87. The minimum absolute atomic E-state index is 0.109. The maximum Gasteiger partial charge on any atom is 0.292 e. The molecule has 112 valence electrons. The van der Waals surface area contributed by atoms with E-state index in [4.69, 9.17) is 0 Å². The topological polar surface area (TPSA) is 71.3 Å². The Morgan fingerprint density at radius 2 is 2.19 bits per heavy atom. The number of aromatic nitrogens is 1. The van der Waals surface area contributed by atoms with E-state index in [1.54, 1.807) is 30.5 Å². The number of aryl methyl sites for hydroxylation is 1. The summed E-state index contributed by atoms with van der Waals surface area (Å²) in [6.07, 6.45) is 0. The summed E-state index contributed by atoms with van der Waals surface area (Å²) in [5.74, 6) is 0. The molecule has 1 aromatic heterocycles. The first kappa shape index (κ1) is 15.4. The Hall–Kier alpha value is -1.99. The quantitative estimate of drug-likeness (QED) is 0.656. The summed E-state index contributed by atoms with van der Waals surface area (Å²) in [5.41, 5.74) is 4.45. The Morgan fingerprint density at radius 3 is 2.76 bits per heavy atom. The zero-order chi connectivity index (χ0) is 15.4. The molecule has 0 saturated carbocycles. The molecule has 0 amide bonds. The standard InChI is InChI=1S/C14H18N4O2S/c1-10-14(21-9-16-10)8-17(3)7-11-4-5-12(15-2)13(6-11)18(19)20/h4-6,9,15H,7-8H2,1-3H3. The first-order chi connectivity index (χ1) is 10.0. The summed E-state index contributed by atoms with van der Waals surface area (Å²) in [6.45, 7) is 3.44. The number of hydrogen-bond donors (Lipinski definition) is 1. The fourth-order valence-electron chi connectivity index (χ4n) is 2.13. The van der Waals surface area contributed by atoms with Crippen molar-refractivity contribution in [1.82, 2.24) is 9.88 Å². The third-order valence-electron chi connectivity index (χ3n) is 3.24. The number of anilines is 1. The van der Waals surface area contributed by atoms with Gasteiger partial charge < -0.3 is 5.32 Å². The molecule has 0 saturated heterocycles. The molecule has 7 heteroatoms. The molecule has 1 aromatic carbocycles. The van der Waals surface area contributed by atoms with Crippen LogP contribution in [0.25, 0.3) is 0 Å². The molecule has 0 aliphatic carbocycles. The van der Waals surface area contributed by atoms with Crippen molar-refractivity contribution in [3.8, 4) is 0 Å². The zero-order valence-corrected chi connectivity index (χ0v) is 13.1. The van der Waals surface area contributed by atoms with Crippen LogP contribution in [0.5, 0.6) is 0 Å². The van der Waals surface area contributed by atoms with E-state index in [1.165, 1.54) is 4.88 Å². The van der Waals surface area contributed by atoms with Crippen LogP contribution in [0, 0.1) is 17.0 Å². The maximum absolute atomic E-state index is 11.1. The van der Waals surface area contributed by atoms with Crippen LogP contribution in [-0.2, 0) is 13.1 Å². The Labute approximate surface area is 127 Å². The highest BCUT2D eigenvalue weighted by molar-refractivity contribution is 7.09. The van der Waals surface area contributed by atoms with Gasteiger partial charge in [-0.2, -0.15) is 0 Å². The van der Waals surface area contributed by atoms with Gasteiger partial charge in [-0.05, 0) is 25.6 Å². The van der Waals surface area contributed by atoms with Crippen molar-refractivity contribution < 1.29 is 4.92 Å². The van der Waals surface area contributed by atoms with Gasteiger partial charge >= 0.3 is 0 Å². The summed E-state index contributed by atoms with van der Waals surface area (Å²) in [7, 11) is 3.68. The van der Waals surface area contributed by atoms with Gasteiger partial charge in [0.05, 0.1) is 16.1 Å². The molecule has 0 radical (unpaired) electrons. The molecule has 0 aliphatic rings. The first-order valence-corrected chi connectivity index (χ1v) is 7.41. The first-order valence-electron chi connectivity index (χ1n) is 6.54. The van der Waals surface area contributed by atoms with Gasteiger partial charge in [-0.15, -0.1) is 11.3 Å². The van der Waals surface area contributed by atoms with Crippen molar-refractivity contribution in [3.63, 3.8) is 0 Å². The number of rotatable bonds is 6. The highest BCUT2D eigenvalue weighted by atomic mass is 32.1. The van der Waals surface area contributed by atoms with Gasteiger partial charge in [0.1, 0.15) is 5.69 Å². The fraction of sp³-hybridized carbons (Fsp3) is 0.357. The predicted molar refractivity (Wildman–Crippen MR) is 84.7 cm³/mol. The smallest absolute Gasteiger partial charge is 0.292 e. The average Bonchev–Trinajstić information content (AvgIpc) is 2.84. The van der Waals surface area contributed by atoms with E-state index in [0.29, 0.717) is 12.2 Å². The molecule has 21 heavy (non-hydrogen) atoms. The monoisotopic (exact) mass is 306 g/mol. The Morgan fingerprint density at radius 1 is 1.43 bits per heavy atom. The number of benzene rings is 1. The van der Waals surface area contributed by atoms with Crippen molar-refractivity contribution in [2.24, 2.45) is 0 Å². The van der Waals surface area contributed by atoms with Gasteiger partial charge in [-0.1, -0.05) is 6.07 Å². The number of nitro benzene ring substituents is 1. The molecule has 0 aliphatic heterocycles. The lowest BCUT2D eigenvalue weighted by molar-refractivity contribution is -0.384. The minimum atomic E-state index is -0.358. The SMILES string of the molecule is CNc1ccc(CN(C)Cc2scnc2C)cc1[N+](=O)[O-]. The van der Waals surface area contributed by atoms with E-state index >= 15 is 0 Å². The van der Waals surface area contributed by atoms with Crippen LogP contribution in [0.2, 0.25) is 0 Å². The highest BCUT2D eigenvalue weighted by Crippen LogP contribution is 2.26. The predicted octanol–water partition coefficient (Wildman–Crippen LogP) is 3.03. The van der Waals surface area contributed by atoms with Crippen LogP contribution in [0.4, 0.5) is 11.4 Å².